The van der Waals surface area contributed by atoms with Crippen LogP contribution in [0.25, 0.3) is 0 Å². The van der Waals surface area contributed by atoms with Gasteiger partial charge in [0.2, 0.25) is 5.91 Å². The van der Waals surface area contributed by atoms with Crippen LogP contribution in [-0.2, 0) is 17.8 Å². The molecule has 1 aliphatic carbocycles. The maximum absolute atomic E-state index is 12.8. The number of aromatic nitrogens is 1. The van der Waals surface area contributed by atoms with E-state index in [0.717, 1.165) is 51.3 Å². The molecule has 2 aromatic rings. The lowest BCUT2D eigenvalue weighted by atomic mass is 9.97. The van der Waals surface area contributed by atoms with Gasteiger partial charge in [-0.15, -0.1) is 0 Å². The van der Waals surface area contributed by atoms with Crippen LogP contribution in [0, 0.1) is 6.92 Å². The molecule has 0 radical (unpaired) electrons. The second-order valence-electron chi connectivity index (χ2n) is 7.56. The molecule has 0 saturated carbocycles. The van der Waals surface area contributed by atoms with Gasteiger partial charge in [-0.05, 0) is 48.4 Å². The Morgan fingerprint density at radius 3 is 2.73 bits per heavy atom. The lowest BCUT2D eigenvalue weighted by molar-refractivity contribution is -0.133. The zero-order valence-electron chi connectivity index (χ0n) is 15.5. The first-order chi connectivity index (χ1) is 12.7. The van der Waals surface area contributed by atoms with Gasteiger partial charge in [0.25, 0.3) is 0 Å². The lowest BCUT2D eigenvalue weighted by Crippen LogP contribution is -2.48. The molecule has 1 aromatic carbocycles. The highest BCUT2D eigenvalue weighted by atomic mass is 16.2. The zero-order chi connectivity index (χ0) is 17.9. The number of hydrogen-bond donors (Lipinski definition) is 0. The second kappa shape index (κ2) is 7.58. The standard InChI is InChI=1S/C22H27N3O/c1-17-5-4-10-23-21(17)16-24-11-13-25(14-12-24)22(26)15-19-9-8-18-6-2-3-7-20(18)19/h2-7,10,19H,8-9,11-16H2,1H3/t19-/m1/s1. The molecule has 1 atom stereocenters. The SMILES string of the molecule is Cc1cccnc1CN1CCN(C(=O)C[C@H]2CCc3ccccc32)CC1. The maximum Gasteiger partial charge on any atom is 0.223 e. The largest absolute Gasteiger partial charge is 0.340 e. The smallest absolute Gasteiger partial charge is 0.223 e. The van der Waals surface area contributed by atoms with Gasteiger partial charge in [-0.3, -0.25) is 14.7 Å². The second-order valence-corrected chi connectivity index (χ2v) is 7.56. The molecule has 0 bridgehead atoms. The molecule has 4 heteroatoms. The summed E-state index contributed by atoms with van der Waals surface area (Å²) in [5, 5.41) is 0. The number of benzene rings is 1. The summed E-state index contributed by atoms with van der Waals surface area (Å²) >= 11 is 0. The molecule has 2 aliphatic rings. The minimum absolute atomic E-state index is 0.320. The number of aryl methyl sites for hydroxylation is 2. The Kier molecular flexibility index (Phi) is 5.02. The Labute approximate surface area is 155 Å². The fraction of sp³-hybridized carbons (Fsp3) is 0.455. The van der Waals surface area contributed by atoms with E-state index in [2.05, 4.69) is 52.0 Å². The van der Waals surface area contributed by atoms with Gasteiger partial charge < -0.3 is 4.90 Å². The number of carbonyl (C=O) groups is 1. The molecule has 4 rings (SSSR count). The number of fused-ring (bicyclic) bond motifs is 1. The number of piperazine rings is 1. The van der Waals surface area contributed by atoms with Crippen LogP contribution in [0.3, 0.4) is 0 Å². The van der Waals surface area contributed by atoms with Gasteiger partial charge in [0.15, 0.2) is 0 Å². The number of rotatable bonds is 4. The van der Waals surface area contributed by atoms with Crippen molar-refractivity contribution in [3.63, 3.8) is 0 Å². The van der Waals surface area contributed by atoms with Crippen molar-refractivity contribution < 1.29 is 4.79 Å². The van der Waals surface area contributed by atoms with Crippen molar-refractivity contribution in [2.75, 3.05) is 26.2 Å². The van der Waals surface area contributed by atoms with Crippen molar-refractivity contribution in [3.8, 4) is 0 Å². The van der Waals surface area contributed by atoms with Gasteiger partial charge in [0.1, 0.15) is 0 Å². The summed E-state index contributed by atoms with van der Waals surface area (Å²) in [5.41, 5.74) is 5.21. The molecular formula is C22H27N3O. The highest BCUT2D eigenvalue weighted by Crippen LogP contribution is 2.35. The third kappa shape index (κ3) is 3.65. The summed E-state index contributed by atoms with van der Waals surface area (Å²) in [6, 6.07) is 12.7. The fourth-order valence-corrected chi connectivity index (χ4v) is 4.25. The highest BCUT2D eigenvalue weighted by Gasteiger charge is 2.28. The third-order valence-corrected chi connectivity index (χ3v) is 5.89. The predicted octanol–water partition coefficient (Wildman–Crippen LogP) is 3.15. The highest BCUT2D eigenvalue weighted by molar-refractivity contribution is 5.77. The van der Waals surface area contributed by atoms with Crippen LogP contribution in [0.2, 0.25) is 0 Å². The molecule has 2 heterocycles. The van der Waals surface area contributed by atoms with Crippen LogP contribution in [0.5, 0.6) is 0 Å². The molecule has 136 valence electrons. The van der Waals surface area contributed by atoms with Crippen LogP contribution >= 0.6 is 0 Å². The first-order valence-electron chi connectivity index (χ1n) is 9.69. The Hall–Kier alpha value is -2.20. The summed E-state index contributed by atoms with van der Waals surface area (Å²) in [6.45, 7) is 6.52. The fourth-order valence-electron chi connectivity index (χ4n) is 4.25. The van der Waals surface area contributed by atoms with E-state index in [9.17, 15) is 4.79 Å². The minimum atomic E-state index is 0.320. The van der Waals surface area contributed by atoms with E-state index in [4.69, 9.17) is 0 Å². The van der Waals surface area contributed by atoms with Crippen molar-refractivity contribution >= 4 is 5.91 Å². The van der Waals surface area contributed by atoms with Crippen molar-refractivity contribution in [2.45, 2.75) is 38.6 Å². The Morgan fingerprint density at radius 2 is 1.92 bits per heavy atom. The van der Waals surface area contributed by atoms with Gasteiger partial charge in [0.05, 0.1) is 5.69 Å². The van der Waals surface area contributed by atoms with Crippen LogP contribution in [0.4, 0.5) is 0 Å². The molecular weight excluding hydrogens is 322 g/mol. The number of hydrogen-bond acceptors (Lipinski definition) is 3. The molecule has 1 aliphatic heterocycles. The molecule has 1 fully saturated rings. The monoisotopic (exact) mass is 349 g/mol. The van der Waals surface area contributed by atoms with Gasteiger partial charge in [-0.2, -0.15) is 0 Å². The minimum Gasteiger partial charge on any atom is -0.340 e. The molecule has 1 saturated heterocycles. The van der Waals surface area contributed by atoms with Gasteiger partial charge in [-0.1, -0.05) is 30.3 Å². The van der Waals surface area contributed by atoms with Gasteiger partial charge >= 0.3 is 0 Å². The van der Waals surface area contributed by atoms with E-state index in [-0.39, 0.29) is 0 Å². The number of amides is 1. The number of pyridine rings is 1. The van der Waals surface area contributed by atoms with E-state index < -0.39 is 0 Å². The molecule has 0 N–H and O–H groups in total. The van der Waals surface area contributed by atoms with E-state index in [1.807, 2.05) is 12.3 Å². The van der Waals surface area contributed by atoms with Gasteiger partial charge in [0, 0.05) is 45.3 Å². The summed E-state index contributed by atoms with van der Waals surface area (Å²) in [4.78, 5) is 21.7. The first kappa shape index (κ1) is 17.2. The van der Waals surface area contributed by atoms with Crippen molar-refractivity contribution in [2.24, 2.45) is 0 Å². The Balaban J connectivity index is 1.30. The first-order valence-corrected chi connectivity index (χ1v) is 9.69. The summed E-state index contributed by atoms with van der Waals surface area (Å²) in [5.74, 6) is 0.730. The summed E-state index contributed by atoms with van der Waals surface area (Å²) in [7, 11) is 0. The van der Waals surface area contributed by atoms with E-state index in [1.165, 1.54) is 16.7 Å². The number of nitrogens with zero attached hydrogens (tertiary/aromatic N) is 3. The topological polar surface area (TPSA) is 36.4 Å². The van der Waals surface area contributed by atoms with E-state index in [1.54, 1.807) is 0 Å². The average molecular weight is 349 g/mol. The normalized spacial score (nSPS) is 20.2. The zero-order valence-corrected chi connectivity index (χ0v) is 15.5. The number of carbonyl (C=O) groups excluding carboxylic acids is 1. The molecule has 0 unspecified atom stereocenters. The third-order valence-electron chi connectivity index (χ3n) is 5.89. The lowest BCUT2D eigenvalue weighted by Gasteiger charge is -2.35. The van der Waals surface area contributed by atoms with E-state index >= 15 is 0 Å². The predicted molar refractivity (Wildman–Crippen MR) is 103 cm³/mol. The molecule has 26 heavy (non-hydrogen) atoms. The van der Waals surface area contributed by atoms with Crippen molar-refractivity contribution in [1.82, 2.24) is 14.8 Å². The van der Waals surface area contributed by atoms with Crippen LogP contribution < -0.4 is 0 Å². The Bertz CT molecular complexity index is 780. The van der Waals surface area contributed by atoms with Crippen LogP contribution in [-0.4, -0.2) is 46.9 Å². The molecule has 1 amide bonds. The average Bonchev–Trinajstić information content (AvgIpc) is 3.07. The van der Waals surface area contributed by atoms with Crippen LogP contribution in [0.15, 0.2) is 42.6 Å². The molecule has 0 spiro atoms. The molecule has 4 nitrogen and oxygen atoms in total. The van der Waals surface area contributed by atoms with Crippen LogP contribution in [0.1, 0.15) is 41.1 Å². The van der Waals surface area contributed by atoms with E-state index in [0.29, 0.717) is 18.2 Å². The van der Waals surface area contributed by atoms with Crippen molar-refractivity contribution in [1.29, 1.82) is 0 Å². The van der Waals surface area contributed by atoms with Gasteiger partial charge in [-0.25, -0.2) is 0 Å². The maximum atomic E-state index is 12.8. The van der Waals surface area contributed by atoms with Crippen molar-refractivity contribution in [3.05, 3.63) is 65.0 Å². The molecule has 1 aromatic heterocycles. The quantitative estimate of drug-likeness (QED) is 0.851. The Morgan fingerprint density at radius 1 is 1.12 bits per heavy atom. The summed E-state index contributed by atoms with van der Waals surface area (Å²) < 4.78 is 0. The summed E-state index contributed by atoms with van der Waals surface area (Å²) in [6.07, 6.45) is 4.76.